The smallest absolute Gasteiger partial charge is 0.225 e. The maximum atomic E-state index is 13.6. The second-order valence-electron chi connectivity index (χ2n) is 8.08. The molecule has 12 heteroatoms. The number of ether oxygens (including phenoxy) is 1. The Morgan fingerprint density at radius 3 is 2.69 bits per heavy atom. The van der Waals surface area contributed by atoms with Crippen LogP contribution in [0.4, 0.5) is 10.3 Å². The van der Waals surface area contributed by atoms with Crippen LogP contribution < -0.4 is 14.9 Å². The van der Waals surface area contributed by atoms with Gasteiger partial charge in [0, 0.05) is 37.4 Å². The summed E-state index contributed by atoms with van der Waals surface area (Å²) in [6.45, 7) is 6.14. The predicted molar refractivity (Wildman–Crippen MR) is 134 cm³/mol. The summed E-state index contributed by atoms with van der Waals surface area (Å²) in [6.07, 6.45) is 12.1. The van der Waals surface area contributed by atoms with Crippen molar-refractivity contribution in [2.75, 3.05) is 37.7 Å². The Morgan fingerprint density at radius 1 is 1.31 bits per heavy atom. The number of amides is 1. The van der Waals surface area contributed by atoms with Gasteiger partial charge < -0.3 is 19.5 Å². The second kappa shape index (κ2) is 16.4. The van der Waals surface area contributed by atoms with Crippen molar-refractivity contribution in [3.8, 4) is 0 Å². The lowest BCUT2D eigenvalue weighted by atomic mass is 9.92. The number of hydrogen-bond acceptors (Lipinski definition) is 7. The fourth-order valence-corrected chi connectivity index (χ4v) is 3.99. The van der Waals surface area contributed by atoms with Gasteiger partial charge in [0.1, 0.15) is 5.83 Å². The van der Waals surface area contributed by atoms with E-state index in [0.717, 1.165) is 38.8 Å². The molecule has 0 aliphatic carbocycles. The molecule has 2 heterocycles. The number of anilines is 1. The number of rotatable bonds is 15. The largest absolute Gasteiger partial charge is 0.760 e. The number of allylic oxidation sites excluding steroid dienone is 3. The van der Waals surface area contributed by atoms with Crippen LogP contribution in [0.2, 0.25) is 5.02 Å². The summed E-state index contributed by atoms with van der Waals surface area (Å²) < 4.78 is 42.0. The lowest BCUT2D eigenvalue weighted by Crippen LogP contribution is -2.34. The van der Waals surface area contributed by atoms with Gasteiger partial charge in [-0.05, 0) is 49.7 Å². The Kier molecular flexibility index (Phi) is 13.5. The van der Waals surface area contributed by atoms with Crippen molar-refractivity contribution < 1.29 is 22.7 Å². The summed E-state index contributed by atoms with van der Waals surface area (Å²) in [4.78, 5) is 22.6. The summed E-state index contributed by atoms with van der Waals surface area (Å²) in [7, 11) is 0. The molecule has 1 saturated heterocycles. The van der Waals surface area contributed by atoms with Crippen LogP contribution in [0.25, 0.3) is 0 Å². The van der Waals surface area contributed by atoms with E-state index in [4.69, 9.17) is 16.3 Å². The number of nitrogens with zero attached hydrogens (tertiary/aromatic N) is 3. The van der Waals surface area contributed by atoms with Crippen LogP contribution in [0.5, 0.6) is 0 Å². The molecule has 1 fully saturated rings. The maximum absolute atomic E-state index is 13.6. The molecule has 194 valence electrons. The van der Waals surface area contributed by atoms with Gasteiger partial charge in [0.05, 0.1) is 36.7 Å². The highest BCUT2D eigenvalue weighted by atomic mass is 35.5. The number of aromatic nitrogens is 2. The molecule has 9 nitrogen and oxygen atoms in total. The van der Waals surface area contributed by atoms with E-state index in [2.05, 4.69) is 31.5 Å². The monoisotopic (exact) mass is 528 g/mol. The predicted octanol–water partition coefficient (Wildman–Crippen LogP) is 3.35. The SMILES string of the molecule is C=C(F)/C(=C\C=C\OCCCC1CCN(c2ncc(Cl)cn2)CC1)CC(=O)NCCCNS(=O)[O-]. The van der Waals surface area contributed by atoms with Crippen molar-refractivity contribution in [2.24, 2.45) is 5.92 Å². The molecule has 1 aliphatic rings. The molecule has 35 heavy (non-hydrogen) atoms. The molecule has 1 aromatic heterocycles. The molecule has 0 saturated carbocycles. The van der Waals surface area contributed by atoms with Gasteiger partial charge in [0.15, 0.2) is 0 Å². The number of carbonyl (C=O) groups excluding carboxylic acids is 1. The molecular weight excluding hydrogens is 497 g/mol. The highest BCUT2D eigenvalue weighted by Crippen LogP contribution is 2.24. The summed E-state index contributed by atoms with van der Waals surface area (Å²) in [6, 6.07) is 0. The molecule has 1 atom stereocenters. The lowest BCUT2D eigenvalue weighted by molar-refractivity contribution is -0.120. The standard InChI is InChI=1S/C23H33ClFN5O4S/c1-18(25)20(15-22(31)26-9-4-10-29-35(32)33)6-3-14-34-13-2-5-19-7-11-30(12-8-19)23-27-16-21(24)17-28-23/h3,6,14,16-17,19,29H,1-2,4-5,7-13,15H2,(H,26,31)(H,32,33)/p-1/b14-3+,20-6-. The topological polar surface area (TPSA) is 120 Å². The molecular formula is C23H32ClFN5O4S-. The molecule has 2 N–H and O–H groups in total. The Hall–Kier alpha value is -2.34. The van der Waals surface area contributed by atoms with E-state index in [0.29, 0.717) is 29.9 Å². The summed E-state index contributed by atoms with van der Waals surface area (Å²) in [5, 5.41) is 3.14. The van der Waals surface area contributed by atoms with Gasteiger partial charge in [0.25, 0.3) is 0 Å². The average Bonchev–Trinajstić information content (AvgIpc) is 2.83. The van der Waals surface area contributed by atoms with E-state index in [1.165, 1.54) is 12.3 Å². The van der Waals surface area contributed by atoms with Crippen LogP contribution in [0.3, 0.4) is 0 Å². The molecule has 1 unspecified atom stereocenters. The van der Waals surface area contributed by atoms with Crippen LogP contribution in [-0.2, 0) is 20.8 Å². The van der Waals surface area contributed by atoms with Crippen LogP contribution >= 0.6 is 11.6 Å². The van der Waals surface area contributed by atoms with Crippen LogP contribution in [0.1, 0.15) is 38.5 Å². The highest BCUT2D eigenvalue weighted by Gasteiger charge is 2.20. The van der Waals surface area contributed by atoms with Crippen molar-refractivity contribution in [3.05, 3.63) is 53.8 Å². The van der Waals surface area contributed by atoms with Gasteiger partial charge in [-0.2, -0.15) is 0 Å². The first-order valence-corrected chi connectivity index (χ1v) is 12.9. The quantitative estimate of drug-likeness (QED) is 0.155. The van der Waals surface area contributed by atoms with Gasteiger partial charge in [-0.1, -0.05) is 24.3 Å². The Labute approximate surface area is 213 Å². The third kappa shape index (κ3) is 12.3. The molecule has 1 aliphatic heterocycles. The minimum atomic E-state index is -2.32. The van der Waals surface area contributed by atoms with E-state index in [1.807, 2.05) is 0 Å². The Balaban J connectivity index is 1.59. The van der Waals surface area contributed by atoms with Crippen LogP contribution in [0, 0.1) is 5.92 Å². The number of halogens is 2. The minimum Gasteiger partial charge on any atom is -0.760 e. The van der Waals surface area contributed by atoms with Gasteiger partial charge in [-0.15, -0.1) is 0 Å². The lowest BCUT2D eigenvalue weighted by Gasteiger charge is -2.31. The zero-order valence-corrected chi connectivity index (χ0v) is 21.2. The Morgan fingerprint density at radius 2 is 2.03 bits per heavy atom. The van der Waals surface area contributed by atoms with Gasteiger partial charge >= 0.3 is 0 Å². The third-order valence-electron chi connectivity index (χ3n) is 5.45. The second-order valence-corrected chi connectivity index (χ2v) is 9.27. The molecule has 0 spiro atoms. The first-order valence-electron chi connectivity index (χ1n) is 11.5. The Bertz CT molecular complexity index is 892. The summed E-state index contributed by atoms with van der Waals surface area (Å²) in [5.74, 6) is 0.281. The van der Waals surface area contributed by atoms with Crippen molar-refractivity contribution in [1.82, 2.24) is 20.0 Å². The van der Waals surface area contributed by atoms with Crippen molar-refractivity contribution in [3.63, 3.8) is 0 Å². The molecule has 0 radical (unpaired) electrons. The first kappa shape index (κ1) is 28.9. The minimum absolute atomic E-state index is 0.151. The summed E-state index contributed by atoms with van der Waals surface area (Å²) in [5.41, 5.74) is 0.151. The molecule has 1 amide bonds. The number of nitrogens with one attached hydrogen (secondary N) is 2. The molecule has 2 rings (SSSR count). The maximum Gasteiger partial charge on any atom is 0.225 e. The number of carbonyl (C=O) groups is 1. The third-order valence-corrected chi connectivity index (χ3v) is 6.08. The van der Waals surface area contributed by atoms with Crippen LogP contribution in [-0.4, -0.2) is 57.4 Å². The highest BCUT2D eigenvalue weighted by molar-refractivity contribution is 7.77. The fourth-order valence-electron chi connectivity index (χ4n) is 3.58. The van der Waals surface area contributed by atoms with E-state index >= 15 is 0 Å². The van der Waals surface area contributed by atoms with Crippen molar-refractivity contribution >= 4 is 34.7 Å². The van der Waals surface area contributed by atoms with Gasteiger partial charge in [-0.3, -0.25) is 9.00 Å². The van der Waals surface area contributed by atoms with Crippen molar-refractivity contribution in [2.45, 2.75) is 38.5 Å². The van der Waals surface area contributed by atoms with Crippen LogP contribution in [0.15, 0.2) is 48.8 Å². The van der Waals surface area contributed by atoms with E-state index in [9.17, 15) is 17.9 Å². The van der Waals surface area contributed by atoms with Crippen molar-refractivity contribution in [1.29, 1.82) is 0 Å². The van der Waals surface area contributed by atoms with E-state index in [1.54, 1.807) is 18.5 Å². The first-order chi connectivity index (χ1) is 16.8. The average molecular weight is 529 g/mol. The zero-order chi connectivity index (χ0) is 25.5. The van der Waals surface area contributed by atoms with Gasteiger partial charge in [0.2, 0.25) is 11.9 Å². The number of piperidine rings is 1. The normalized spacial score (nSPS) is 15.9. The number of hydrogen-bond donors (Lipinski definition) is 2. The van der Waals surface area contributed by atoms with E-state index in [-0.39, 0.29) is 31.0 Å². The molecule has 0 bridgehead atoms. The summed E-state index contributed by atoms with van der Waals surface area (Å²) >= 11 is 3.52. The van der Waals surface area contributed by atoms with Gasteiger partial charge in [-0.25, -0.2) is 19.1 Å². The zero-order valence-electron chi connectivity index (χ0n) is 19.6. The fraction of sp³-hybridized carbons (Fsp3) is 0.522. The molecule has 1 aromatic rings. The molecule has 0 aromatic carbocycles. The van der Waals surface area contributed by atoms with E-state index < -0.39 is 17.1 Å².